The van der Waals surface area contributed by atoms with Crippen molar-refractivity contribution in [2.45, 2.75) is 44.8 Å². The van der Waals surface area contributed by atoms with Crippen molar-refractivity contribution in [3.63, 3.8) is 0 Å². The van der Waals surface area contributed by atoms with Gasteiger partial charge in [0.15, 0.2) is 0 Å². The van der Waals surface area contributed by atoms with Gasteiger partial charge in [0.2, 0.25) is 5.91 Å². The molecule has 7 heteroatoms. The predicted octanol–water partition coefficient (Wildman–Crippen LogP) is 1.91. The first-order chi connectivity index (χ1) is 13.5. The molecule has 7 nitrogen and oxygen atoms in total. The number of benzene rings is 1. The molecule has 1 amide bonds. The molecule has 0 unspecified atom stereocenters. The van der Waals surface area contributed by atoms with E-state index in [-0.39, 0.29) is 12.5 Å². The fourth-order valence-electron chi connectivity index (χ4n) is 3.84. The number of carbonyl (C=O) groups is 2. The molecular weight excluding hydrogens is 358 g/mol. The minimum absolute atomic E-state index is 0.0173. The quantitative estimate of drug-likeness (QED) is 0.565. The molecule has 0 aliphatic carbocycles. The number of rotatable bonds is 7. The standard InChI is InChI=1S/C20H31N3O2.CH2O2/c1-16-20(24)23-12-4-6-18(23)15-22(16)14-17-7-9-19(10-8-17)25-13-5-11-21(2)3;2-1-3/h7-10,16,18H,4-6,11-15H2,1-3H3;1H,(H,2,3)/t16-,18-;/m1./s1. The van der Waals surface area contributed by atoms with Gasteiger partial charge in [0.1, 0.15) is 5.75 Å². The molecular formula is C21H33N3O4. The van der Waals surface area contributed by atoms with Gasteiger partial charge in [0.05, 0.1) is 12.6 Å². The summed E-state index contributed by atoms with van der Waals surface area (Å²) < 4.78 is 5.80. The van der Waals surface area contributed by atoms with E-state index in [2.05, 4.69) is 40.9 Å². The number of nitrogens with zero attached hydrogens (tertiary/aromatic N) is 3. The lowest BCUT2D eigenvalue weighted by molar-refractivity contribution is -0.143. The highest BCUT2D eigenvalue weighted by molar-refractivity contribution is 5.83. The number of hydrogen-bond acceptors (Lipinski definition) is 5. The Morgan fingerprint density at radius 3 is 2.61 bits per heavy atom. The van der Waals surface area contributed by atoms with E-state index in [1.807, 2.05) is 19.1 Å². The topological polar surface area (TPSA) is 73.3 Å². The highest BCUT2D eigenvalue weighted by Gasteiger charge is 2.39. The van der Waals surface area contributed by atoms with Gasteiger partial charge < -0.3 is 19.6 Å². The first-order valence-corrected chi connectivity index (χ1v) is 9.95. The number of amides is 1. The minimum Gasteiger partial charge on any atom is -0.494 e. The van der Waals surface area contributed by atoms with E-state index >= 15 is 0 Å². The van der Waals surface area contributed by atoms with E-state index < -0.39 is 0 Å². The third kappa shape index (κ3) is 6.21. The molecule has 0 spiro atoms. The van der Waals surface area contributed by atoms with Gasteiger partial charge in [-0.2, -0.15) is 0 Å². The molecule has 1 aromatic carbocycles. The Hall–Kier alpha value is -2.12. The van der Waals surface area contributed by atoms with Crippen molar-refractivity contribution in [1.82, 2.24) is 14.7 Å². The van der Waals surface area contributed by atoms with Crippen LogP contribution in [0.15, 0.2) is 24.3 Å². The van der Waals surface area contributed by atoms with Gasteiger partial charge in [-0.25, -0.2) is 0 Å². The SMILES string of the molecule is C[C@@H]1C(=O)N2CCC[C@@H]2CN1Cc1ccc(OCCCN(C)C)cc1.O=CO. The second-order valence-electron chi connectivity index (χ2n) is 7.69. The summed E-state index contributed by atoms with van der Waals surface area (Å²) in [4.78, 5) is 27.5. The molecule has 0 aromatic heterocycles. The van der Waals surface area contributed by atoms with Gasteiger partial charge in [0, 0.05) is 32.2 Å². The smallest absolute Gasteiger partial charge is 0.290 e. The van der Waals surface area contributed by atoms with E-state index in [4.69, 9.17) is 14.6 Å². The number of piperazine rings is 1. The van der Waals surface area contributed by atoms with Crippen LogP contribution in [0.5, 0.6) is 5.75 Å². The maximum atomic E-state index is 12.5. The van der Waals surface area contributed by atoms with Crippen molar-refractivity contribution >= 4 is 12.4 Å². The zero-order valence-electron chi connectivity index (χ0n) is 17.2. The van der Waals surface area contributed by atoms with Crippen molar-refractivity contribution in [2.75, 3.05) is 40.3 Å². The van der Waals surface area contributed by atoms with E-state index in [0.29, 0.717) is 11.9 Å². The summed E-state index contributed by atoms with van der Waals surface area (Å²) in [5.41, 5.74) is 1.24. The summed E-state index contributed by atoms with van der Waals surface area (Å²) >= 11 is 0. The molecule has 3 rings (SSSR count). The van der Waals surface area contributed by atoms with Crippen LogP contribution in [0.25, 0.3) is 0 Å². The Morgan fingerprint density at radius 2 is 1.96 bits per heavy atom. The average Bonchev–Trinajstić information content (AvgIpc) is 3.13. The first-order valence-electron chi connectivity index (χ1n) is 9.95. The molecule has 2 fully saturated rings. The fraction of sp³-hybridized carbons (Fsp3) is 0.619. The normalized spacial score (nSPS) is 21.9. The van der Waals surface area contributed by atoms with Crippen LogP contribution in [-0.2, 0) is 16.1 Å². The minimum atomic E-state index is -0.250. The van der Waals surface area contributed by atoms with Crippen molar-refractivity contribution < 1.29 is 19.4 Å². The molecule has 0 bridgehead atoms. The number of ether oxygens (including phenoxy) is 1. The van der Waals surface area contributed by atoms with Crippen LogP contribution in [-0.4, -0.2) is 84.6 Å². The Kier molecular flexibility index (Phi) is 8.73. The van der Waals surface area contributed by atoms with E-state index in [1.54, 1.807) is 0 Å². The summed E-state index contributed by atoms with van der Waals surface area (Å²) in [6.45, 7) is 6.35. The highest BCUT2D eigenvalue weighted by atomic mass is 16.5. The van der Waals surface area contributed by atoms with Gasteiger partial charge in [-0.1, -0.05) is 12.1 Å². The number of hydrogen-bond donors (Lipinski definition) is 1. The van der Waals surface area contributed by atoms with Crippen molar-refractivity contribution in [1.29, 1.82) is 0 Å². The number of carboxylic acid groups (broad SMARTS) is 1. The molecule has 2 saturated heterocycles. The Labute approximate surface area is 167 Å². The summed E-state index contributed by atoms with van der Waals surface area (Å²) in [7, 11) is 4.15. The molecule has 1 N–H and O–H groups in total. The fourth-order valence-corrected chi connectivity index (χ4v) is 3.84. The van der Waals surface area contributed by atoms with Crippen molar-refractivity contribution in [3.05, 3.63) is 29.8 Å². The summed E-state index contributed by atoms with van der Waals surface area (Å²) in [5.74, 6) is 1.22. The molecule has 0 radical (unpaired) electrons. The Balaban J connectivity index is 0.000000878. The van der Waals surface area contributed by atoms with Crippen molar-refractivity contribution in [3.8, 4) is 5.75 Å². The van der Waals surface area contributed by atoms with Crippen LogP contribution >= 0.6 is 0 Å². The first kappa shape index (κ1) is 22.2. The molecule has 156 valence electrons. The lowest BCUT2D eigenvalue weighted by Gasteiger charge is -2.41. The number of carbonyl (C=O) groups excluding carboxylic acids is 1. The molecule has 2 atom stereocenters. The maximum absolute atomic E-state index is 12.5. The van der Waals surface area contributed by atoms with Gasteiger partial charge in [-0.3, -0.25) is 14.5 Å². The van der Waals surface area contributed by atoms with Gasteiger partial charge in [0.25, 0.3) is 6.47 Å². The summed E-state index contributed by atoms with van der Waals surface area (Å²) in [6, 6.07) is 8.74. The molecule has 2 heterocycles. The number of fused-ring (bicyclic) bond motifs is 1. The monoisotopic (exact) mass is 391 g/mol. The third-order valence-electron chi connectivity index (χ3n) is 5.34. The van der Waals surface area contributed by atoms with Crippen LogP contribution in [0.1, 0.15) is 31.7 Å². The van der Waals surface area contributed by atoms with E-state index in [9.17, 15) is 4.79 Å². The largest absolute Gasteiger partial charge is 0.494 e. The van der Waals surface area contributed by atoms with Gasteiger partial charge in [-0.05, 0) is 58.0 Å². The Morgan fingerprint density at radius 1 is 1.29 bits per heavy atom. The Bertz CT molecular complexity index is 621. The molecule has 28 heavy (non-hydrogen) atoms. The predicted molar refractivity (Wildman–Crippen MR) is 108 cm³/mol. The average molecular weight is 392 g/mol. The van der Waals surface area contributed by atoms with Crippen LogP contribution in [0, 0.1) is 0 Å². The van der Waals surface area contributed by atoms with Crippen LogP contribution < -0.4 is 4.74 Å². The van der Waals surface area contributed by atoms with E-state index in [0.717, 1.165) is 57.8 Å². The highest BCUT2D eigenvalue weighted by Crippen LogP contribution is 2.27. The van der Waals surface area contributed by atoms with Crippen LogP contribution in [0.2, 0.25) is 0 Å². The van der Waals surface area contributed by atoms with Crippen molar-refractivity contribution in [2.24, 2.45) is 0 Å². The zero-order valence-corrected chi connectivity index (χ0v) is 17.2. The molecule has 2 aliphatic heterocycles. The maximum Gasteiger partial charge on any atom is 0.290 e. The molecule has 1 aromatic rings. The summed E-state index contributed by atoms with van der Waals surface area (Å²) in [5, 5.41) is 6.89. The molecule has 0 saturated carbocycles. The third-order valence-corrected chi connectivity index (χ3v) is 5.34. The molecule has 2 aliphatic rings. The summed E-state index contributed by atoms with van der Waals surface area (Å²) in [6.07, 6.45) is 3.32. The lowest BCUT2D eigenvalue weighted by Crippen LogP contribution is -2.58. The zero-order chi connectivity index (χ0) is 20.5. The second kappa shape index (κ2) is 11.0. The lowest BCUT2D eigenvalue weighted by atomic mass is 10.1. The van der Waals surface area contributed by atoms with E-state index in [1.165, 1.54) is 5.56 Å². The second-order valence-corrected chi connectivity index (χ2v) is 7.69. The van der Waals surface area contributed by atoms with Gasteiger partial charge in [-0.15, -0.1) is 0 Å². The van der Waals surface area contributed by atoms with Crippen LogP contribution in [0.3, 0.4) is 0 Å². The van der Waals surface area contributed by atoms with Gasteiger partial charge >= 0.3 is 0 Å². The van der Waals surface area contributed by atoms with Crippen LogP contribution in [0.4, 0.5) is 0 Å².